The second-order valence-corrected chi connectivity index (χ2v) is 7.03. The van der Waals surface area contributed by atoms with Crippen molar-refractivity contribution in [3.05, 3.63) is 53.9 Å². The molecule has 0 aliphatic carbocycles. The molecule has 3 N–H and O–H groups in total. The molecule has 0 unspecified atom stereocenters. The van der Waals surface area contributed by atoms with Crippen LogP contribution in [-0.4, -0.2) is 54.1 Å². The molecule has 1 aliphatic rings. The van der Waals surface area contributed by atoms with Gasteiger partial charge in [-0.2, -0.15) is 0 Å². The maximum absolute atomic E-state index is 12.7. The summed E-state index contributed by atoms with van der Waals surface area (Å²) in [5, 5.41) is 6.43. The summed E-state index contributed by atoms with van der Waals surface area (Å²) in [7, 11) is 1.68. The van der Waals surface area contributed by atoms with Gasteiger partial charge in [0.25, 0.3) is 0 Å². The Balaban J connectivity index is 1.48. The standard InChI is InChI=1S/C21H25N5O2/c1-14-23-17-8-7-15(11-18(17)24-14)25-21(27)13-26-10-9-22-12-19(26)16-5-3-4-6-20(16)28-2/h3-8,11,19,22H,9-10,12-13H2,1-2H3,(H,23,24)(H,25,27)/t19-/m1/s1. The molecule has 7 nitrogen and oxygen atoms in total. The second kappa shape index (κ2) is 8.00. The molecule has 0 radical (unpaired) electrons. The molecule has 0 spiro atoms. The van der Waals surface area contributed by atoms with Crippen molar-refractivity contribution < 1.29 is 9.53 Å². The van der Waals surface area contributed by atoms with Gasteiger partial charge in [0, 0.05) is 30.9 Å². The minimum atomic E-state index is -0.0302. The van der Waals surface area contributed by atoms with Gasteiger partial charge >= 0.3 is 0 Å². The molecule has 1 amide bonds. The van der Waals surface area contributed by atoms with Crippen LogP contribution in [0.4, 0.5) is 5.69 Å². The fourth-order valence-corrected chi connectivity index (χ4v) is 3.78. The third-order valence-electron chi connectivity index (χ3n) is 5.08. The van der Waals surface area contributed by atoms with E-state index in [0.29, 0.717) is 6.54 Å². The molecule has 0 bridgehead atoms. The summed E-state index contributed by atoms with van der Waals surface area (Å²) in [6.45, 7) is 4.69. The van der Waals surface area contributed by atoms with E-state index < -0.39 is 0 Å². The molecule has 4 rings (SSSR count). The number of ether oxygens (including phenoxy) is 1. The first-order valence-electron chi connectivity index (χ1n) is 9.48. The van der Waals surface area contributed by atoms with Crippen LogP contribution in [0.1, 0.15) is 17.4 Å². The number of aryl methyl sites for hydroxylation is 1. The number of nitrogens with zero attached hydrogens (tertiary/aromatic N) is 2. The van der Waals surface area contributed by atoms with Gasteiger partial charge in [0.05, 0.1) is 30.7 Å². The smallest absolute Gasteiger partial charge is 0.238 e. The number of rotatable bonds is 5. The van der Waals surface area contributed by atoms with E-state index in [1.54, 1.807) is 7.11 Å². The first-order chi connectivity index (χ1) is 13.6. The summed E-state index contributed by atoms with van der Waals surface area (Å²) in [6.07, 6.45) is 0. The van der Waals surface area contributed by atoms with Crippen molar-refractivity contribution in [3.63, 3.8) is 0 Å². The topological polar surface area (TPSA) is 82.3 Å². The van der Waals surface area contributed by atoms with E-state index in [9.17, 15) is 4.79 Å². The summed E-state index contributed by atoms with van der Waals surface area (Å²) in [6, 6.07) is 13.8. The molecule has 1 atom stereocenters. The third kappa shape index (κ3) is 3.85. The lowest BCUT2D eigenvalue weighted by molar-refractivity contribution is -0.118. The maximum Gasteiger partial charge on any atom is 0.238 e. The molecule has 146 valence electrons. The highest BCUT2D eigenvalue weighted by Crippen LogP contribution is 2.30. The lowest BCUT2D eigenvalue weighted by atomic mass is 10.0. The van der Waals surface area contributed by atoms with Crippen LogP contribution >= 0.6 is 0 Å². The molecule has 1 aliphatic heterocycles. The Labute approximate surface area is 164 Å². The monoisotopic (exact) mass is 379 g/mol. The van der Waals surface area contributed by atoms with Crippen LogP contribution in [0.25, 0.3) is 11.0 Å². The Hall–Kier alpha value is -2.90. The molecule has 1 fully saturated rings. The molecule has 3 aromatic rings. The number of carbonyl (C=O) groups excluding carboxylic acids is 1. The fourth-order valence-electron chi connectivity index (χ4n) is 3.78. The number of para-hydroxylation sites is 1. The van der Waals surface area contributed by atoms with Crippen LogP contribution in [-0.2, 0) is 4.79 Å². The molecular formula is C21H25N5O2. The molecule has 7 heteroatoms. The fraction of sp³-hybridized carbons (Fsp3) is 0.333. The Morgan fingerprint density at radius 2 is 2.18 bits per heavy atom. The van der Waals surface area contributed by atoms with Crippen molar-refractivity contribution in [1.29, 1.82) is 0 Å². The number of piperazine rings is 1. The number of hydrogen-bond donors (Lipinski definition) is 3. The molecule has 2 heterocycles. The number of methoxy groups -OCH3 is 1. The van der Waals surface area contributed by atoms with E-state index in [1.165, 1.54) is 0 Å². The zero-order valence-corrected chi connectivity index (χ0v) is 16.2. The summed E-state index contributed by atoms with van der Waals surface area (Å²) < 4.78 is 5.53. The van der Waals surface area contributed by atoms with Gasteiger partial charge < -0.3 is 20.4 Å². The number of aromatic nitrogens is 2. The van der Waals surface area contributed by atoms with Crippen molar-refractivity contribution in [1.82, 2.24) is 20.2 Å². The van der Waals surface area contributed by atoms with E-state index in [2.05, 4.69) is 31.6 Å². The number of hydrogen-bond acceptors (Lipinski definition) is 5. The van der Waals surface area contributed by atoms with E-state index in [0.717, 1.165) is 53.5 Å². The normalized spacial score (nSPS) is 17.6. The van der Waals surface area contributed by atoms with E-state index in [1.807, 2.05) is 43.3 Å². The highest BCUT2D eigenvalue weighted by atomic mass is 16.5. The van der Waals surface area contributed by atoms with Crippen LogP contribution in [0.5, 0.6) is 5.75 Å². The van der Waals surface area contributed by atoms with Gasteiger partial charge in [0.2, 0.25) is 5.91 Å². The van der Waals surface area contributed by atoms with Crippen molar-refractivity contribution >= 4 is 22.6 Å². The Morgan fingerprint density at radius 1 is 1.32 bits per heavy atom. The van der Waals surface area contributed by atoms with E-state index in [-0.39, 0.29) is 11.9 Å². The van der Waals surface area contributed by atoms with Crippen LogP contribution in [0.15, 0.2) is 42.5 Å². The predicted octanol–water partition coefficient (Wildman–Crippen LogP) is 2.46. The lowest BCUT2D eigenvalue weighted by Crippen LogP contribution is -2.48. The summed E-state index contributed by atoms with van der Waals surface area (Å²) in [5.41, 5.74) is 3.68. The summed E-state index contributed by atoms with van der Waals surface area (Å²) in [5.74, 6) is 1.68. The van der Waals surface area contributed by atoms with Gasteiger partial charge in [-0.1, -0.05) is 18.2 Å². The first-order valence-corrected chi connectivity index (χ1v) is 9.48. The minimum Gasteiger partial charge on any atom is -0.496 e. The number of amides is 1. The van der Waals surface area contributed by atoms with E-state index >= 15 is 0 Å². The van der Waals surface area contributed by atoms with Crippen molar-refractivity contribution in [2.45, 2.75) is 13.0 Å². The van der Waals surface area contributed by atoms with Crippen LogP contribution in [0.3, 0.4) is 0 Å². The average Bonchev–Trinajstić information content (AvgIpc) is 3.07. The van der Waals surface area contributed by atoms with Gasteiger partial charge in [0.15, 0.2) is 0 Å². The van der Waals surface area contributed by atoms with Crippen LogP contribution in [0, 0.1) is 6.92 Å². The zero-order valence-electron chi connectivity index (χ0n) is 16.2. The SMILES string of the molecule is COc1ccccc1[C@H]1CNCCN1CC(=O)Nc1ccc2nc(C)[nH]c2c1. The van der Waals surface area contributed by atoms with Crippen molar-refractivity contribution in [2.75, 3.05) is 38.6 Å². The van der Waals surface area contributed by atoms with Gasteiger partial charge in [-0.15, -0.1) is 0 Å². The molecule has 0 saturated carbocycles. The third-order valence-corrected chi connectivity index (χ3v) is 5.08. The molecule has 28 heavy (non-hydrogen) atoms. The van der Waals surface area contributed by atoms with Gasteiger partial charge in [-0.25, -0.2) is 4.98 Å². The number of H-pyrrole nitrogens is 1. The number of anilines is 1. The number of fused-ring (bicyclic) bond motifs is 1. The van der Waals surface area contributed by atoms with Crippen LogP contribution in [0.2, 0.25) is 0 Å². The van der Waals surface area contributed by atoms with E-state index in [4.69, 9.17) is 4.74 Å². The number of carbonyl (C=O) groups is 1. The predicted molar refractivity (Wildman–Crippen MR) is 110 cm³/mol. The number of aromatic amines is 1. The summed E-state index contributed by atoms with van der Waals surface area (Å²) in [4.78, 5) is 22.5. The molecule has 1 aromatic heterocycles. The van der Waals surface area contributed by atoms with Gasteiger partial charge in [0.1, 0.15) is 11.6 Å². The molecular weight excluding hydrogens is 354 g/mol. The maximum atomic E-state index is 12.7. The average molecular weight is 379 g/mol. The Kier molecular flexibility index (Phi) is 5.27. The minimum absolute atomic E-state index is 0.0302. The molecule has 1 saturated heterocycles. The molecule has 2 aromatic carbocycles. The number of imidazole rings is 1. The quantitative estimate of drug-likeness (QED) is 0.634. The Morgan fingerprint density at radius 3 is 3.04 bits per heavy atom. The highest BCUT2D eigenvalue weighted by Gasteiger charge is 2.27. The lowest BCUT2D eigenvalue weighted by Gasteiger charge is -2.36. The van der Waals surface area contributed by atoms with Gasteiger partial charge in [-0.05, 0) is 31.2 Å². The second-order valence-electron chi connectivity index (χ2n) is 7.03. The first kappa shape index (κ1) is 18.5. The number of nitrogens with one attached hydrogen (secondary N) is 3. The van der Waals surface area contributed by atoms with Gasteiger partial charge in [-0.3, -0.25) is 9.69 Å². The van der Waals surface area contributed by atoms with Crippen LogP contribution < -0.4 is 15.4 Å². The van der Waals surface area contributed by atoms with Crippen molar-refractivity contribution in [2.24, 2.45) is 0 Å². The number of benzene rings is 2. The summed E-state index contributed by atoms with van der Waals surface area (Å²) >= 11 is 0. The van der Waals surface area contributed by atoms with Crippen molar-refractivity contribution in [3.8, 4) is 5.75 Å². The zero-order chi connectivity index (χ0) is 19.5. The highest BCUT2D eigenvalue weighted by molar-refractivity contribution is 5.94. The largest absolute Gasteiger partial charge is 0.496 e. The Bertz CT molecular complexity index is 984.